The molecule has 3 N–H and O–H groups in total. The largest absolute Gasteiger partial charge is 0.494 e. The number of oxime groups is 1. The van der Waals surface area contributed by atoms with E-state index < -0.39 is 0 Å². The predicted octanol–water partition coefficient (Wildman–Crippen LogP) is 2.72. The molecule has 4 nitrogen and oxygen atoms in total. The number of ether oxygens (including phenoxy) is 1. The van der Waals surface area contributed by atoms with Gasteiger partial charge in [-0.25, -0.2) is 0 Å². The lowest BCUT2D eigenvalue weighted by molar-refractivity contribution is 0.305. The van der Waals surface area contributed by atoms with Crippen LogP contribution < -0.4 is 10.5 Å². The second-order valence-corrected chi connectivity index (χ2v) is 4.27. The minimum atomic E-state index is 0.240. The Hall–Kier alpha value is -1.71. The zero-order valence-electron chi connectivity index (χ0n) is 10.4. The highest BCUT2D eigenvalue weighted by atomic mass is 16.5. The molecule has 1 aromatic carbocycles. The van der Waals surface area contributed by atoms with Crippen molar-refractivity contribution in [2.75, 3.05) is 6.61 Å². The molecule has 0 unspecified atom stereocenters. The Morgan fingerprint density at radius 3 is 2.88 bits per heavy atom. The maximum atomic E-state index is 8.37. The molecule has 0 amide bonds. The first-order valence-corrected chi connectivity index (χ1v) is 5.82. The van der Waals surface area contributed by atoms with Crippen LogP contribution in [-0.2, 0) is 0 Å². The number of amidine groups is 1. The Bertz CT molecular complexity index is 375. The highest BCUT2D eigenvalue weighted by Crippen LogP contribution is 2.20. The smallest absolute Gasteiger partial charge is 0.139 e. The number of hydrogen-bond acceptors (Lipinski definition) is 3. The molecule has 0 saturated carbocycles. The van der Waals surface area contributed by atoms with Crippen LogP contribution in [0.2, 0.25) is 0 Å². The van der Waals surface area contributed by atoms with E-state index in [0.29, 0.717) is 18.9 Å². The molecule has 0 heterocycles. The second-order valence-electron chi connectivity index (χ2n) is 4.27. The van der Waals surface area contributed by atoms with Gasteiger partial charge in [0.05, 0.1) is 6.61 Å². The predicted molar refractivity (Wildman–Crippen MR) is 68.7 cm³/mol. The molecule has 17 heavy (non-hydrogen) atoms. The molecule has 0 aliphatic heterocycles. The summed E-state index contributed by atoms with van der Waals surface area (Å²) in [5.74, 6) is 1.61. The normalized spacial score (nSPS) is 11.8. The number of nitrogens with two attached hydrogens (primary N) is 1. The average Bonchev–Trinajstić information content (AvgIpc) is 2.34. The summed E-state index contributed by atoms with van der Waals surface area (Å²) < 4.78 is 5.60. The molecule has 0 bridgehead atoms. The van der Waals surface area contributed by atoms with Crippen LogP contribution in [-0.4, -0.2) is 17.6 Å². The van der Waals surface area contributed by atoms with E-state index >= 15 is 0 Å². The number of nitrogens with zero attached hydrogens (tertiary/aromatic N) is 1. The van der Waals surface area contributed by atoms with Crippen LogP contribution in [0.15, 0.2) is 29.4 Å². The van der Waals surface area contributed by atoms with Gasteiger partial charge in [0, 0.05) is 6.42 Å². The molecule has 0 spiro atoms. The van der Waals surface area contributed by atoms with E-state index in [1.807, 2.05) is 18.2 Å². The van der Waals surface area contributed by atoms with Gasteiger partial charge in [-0.2, -0.15) is 0 Å². The van der Waals surface area contributed by atoms with Crippen molar-refractivity contribution in [1.29, 1.82) is 0 Å². The fraction of sp³-hybridized carbons (Fsp3) is 0.462. The van der Waals surface area contributed by atoms with Crippen LogP contribution in [0, 0.1) is 0 Å². The van der Waals surface area contributed by atoms with Crippen LogP contribution in [0.25, 0.3) is 0 Å². The van der Waals surface area contributed by atoms with Crippen molar-refractivity contribution in [3.8, 4) is 5.75 Å². The van der Waals surface area contributed by atoms with Crippen molar-refractivity contribution in [3.05, 3.63) is 29.8 Å². The summed E-state index contributed by atoms with van der Waals surface area (Å²) >= 11 is 0. The summed E-state index contributed by atoms with van der Waals surface area (Å²) in [6.07, 6.45) is 1.28. The fourth-order valence-electron chi connectivity index (χ4n) is 1.46. The van der Waals surface area contributed by atoms with E-state index in [1.54, 1.807) is 0 Å². The van der Waals surface area contributed by atoms with Crippen LogP contribution in [0.1, 0.15) is 38.2 Å². The molecule has 0 radical (unpaired) electrons. The van der Waals surface area contributed by atoms with Gasteiger partial charge >= 0.3 is 0 Å². The molecule has 1 aromatic rings. The van der Waals surface area contributed by atoms with Crippen LogP contribution in [0.5, 0.6) is 5.75 Å². The summed E-state index contributed by atoms with van der Waals surface area (Å²) in [5.41, 5.74) is 6.62. The first-order chi connectivity index (χ1) is 8.13. The highest BCUT2D eigenvalue weighted by Gasteiger charge is 2.01. The van der Waals surface area contributed by atoms with Crippen molar-refractivity contribution in [2.24, 2.45) is 10.9 Å². The third kappa shape index (κ3) is 4.76. The lowest BCUT2D eigenvalue weighted by atomic mass is 10.0. The topological polar surface area (TPSA) is 67.8 Å². The first kappa shape index (κ1) is 13.4. The fourth-order valence-corrected chi connectivity index (χ4v) is 1.46. The molecule has 0 saturated heterocycles. The molecule has 4 heteroatoms. The van der Waals surface area contributed by atoms with Gasteiger partial charge < -0.3 is 15.7 Å². The van der Waals surface area contributed by atoms with Gasteiger partial charge in [-0.3, -0.25) is 0 Å². The Kier molecular flexibility index (Phi) is 5.33. The van der Waals surface area contributed by atoms with Crippen molar-refractivity contribution < 1.29 is 9.94 Å². The standard InChI is InChI=1S/C13H20N2O2/c1-10(2)11-5-3-6-12(9-11)17-8-4-7-13(14)15-16/h3,5-6,9-10,16H,4,7-8H2,1-2H3,(H2,14,15). The van der Waals surface area contributed by atoms with Gasteiger partial charge in [-0.05, 0) is 30.0 Å². The first-order valence-electron chi connectivity index (χ1n) is 5.82. The van der Waals surface area contributed by atoms with Crippen molar-refractivity contribution in [2.45, 2.75) is 32.6 Å². The van der Waals surface area contributed by atoms with E-state index in [1.165, 1.54) is 5.56 Å². The minimum Gasteiger partial charge on any atom is -0.494 e. The zero-order valence-corrected chi connectivity index (χ0v) is 10.4. The Morgan fingerprint density at radius 1 is 1.47 bits per heavy atom. The third-order valence-electron chi connectivity index (χ3n) is 2.50. The van der Waals surface area contributed by atoms with E-state index in [4.69, 9.17) is 15.7 Å². The van der Waals surface area contributed by atoms with Crippen LogP contribution in [0.3, 0.4) is 0 Å². The van der Waals surface area contributed by atoms with E-state index in [2.05, 4.69) is 25.1 Å². The van der Waals surface area contributed by atoms with Crippen LogP contribution >= 0.6 is 0 Å². The molecule has 0 aliphatic rings. The minimum absolute atomic E-state index is 0.240. The average molecular weight is 236 g/mol. The molecule has 0 fully saturated rings. The second kappa shape index (κ2) is 6.78. The Labute approximate surface area is 102 Å². The summed E-state index contributed by atoms with van der Waals surface area (Å²) in [5, 5.41) is 11.3. The molecule has 1 rings (SSSR count). The highest BCUT2D eigenvalue weighted by molar-refractivity contribution is 5.79. The number of benzene rings is 1. The number of hydrogen-bond donors (Lipinski definition) is 2. The van der Waals surface area contributed by atoms with Gasteiger partial charge in [0.25, 0.3) is 0 Å². The third-order valence-corrected chi connectivity index (χ3v) is 2.50. The van der Waals surface area contributed by atoms with E-state index in [-0.39, 0.29) is 5.84 Å². The molecular formula is C13H20N2O2. The maximum Gasteiger partial charge on any atom is 0.139 e. The monoisotopic (exact) mass is 236 g/mol. The zero-order chi connectivity index (χ0) is 12.7. The summed E-state index contributed by atoms with van der Waals surface area (Å²) in [4.78, 5) is 0. The van der Waals surface area contributed by atoms with Crippen molar-refractivity contribution >= 4 is 5.84 Å². The van der Waals surface area contributed by atoms with Crippen molar-refractivity contribution in [3.63, 3.8) is 0 Å². The molecule has 94 valence electrons. The van der Waals surface area contributed by atoms with Gasteiger partial charge in [-0.1, -0.05) is 31.1 Å². The summed E-state index contributed by atoms with van der Waals surface area (Å²) in [6.45, 7) is 4.87. The van der Waals surface area contributed by atoms with Crippen LogP contribution in [0.4, 0.5) is 0 Å². The van der Waals surface area contributed by atoms with Gasteiger partial charge in [0.2, 0.25) is 0 Å². The maximum absolute atomic E-state index is 8.37. The lowest BCUT2D eigenvalue weighted by Crippen LogP contribution is -2.12. The van der Waals surface area contributed by atoms with Gasteiger partial charge in [0.1, 0.15) is 11.6 Å². The summed E-state index contributed by atoms with van der Waals surface area (Å²) in [6, 6.07) is 8.08. The van der Waals surface area contributed by atoms with Gasteiger partial charge in [-0.15, -0.1) is 0 Å². The molecule has 0 aromatic heterocycles. The van der Waals surface area contributed by atoms with E-state index in [0.717, 1.165) is 12.2 Å². The SMILES string of the molecule is CC(C)c1cccc(OCCC/C(N)=N/O)c1. The number of rotatable bonds is 6. The Morgan fingerprint density at radius 2 is 2.24 bits per heavy atom. The van der Waals surface area contributed by atoms with Gasteiger partial charge in [0.15, 0.2) is 0 Å². The lowest BCUT2D eigenvalue weighted by Gasteiger charge is -2.09. The van der Waals surface area contributed by atoms with Crippen molar-refractivity contribution in [1.82, 2.24) is 0 Å². The molecule has 0 atom stereocenters. The quantitative estimate of drug-likeness (QED) is 0.262. The molecule has 0 aliphatic carbocycles. The summed E-state index contributed by atoms with van der Waals surface area (Å²) in [7, 11) is 0. The molecular weight excluding hydrogens is 216 g/mol. The Balaban J connectivity index is 2.39. The van der Waals surface area contributed by atoms with E-state index in [9.17, 15) is 0 Å².